The normalized spacial score (nSPS) is 16.0. The summed E-state index contributed by atoms with van der Waals surface area (Å²) in [7, 11) is 0. The maximum absolute atomic E-state index is 12.3. The zero-order valence-corrected chi connectivity index (χ0v) is 14.5. The van der Waals surface area contributed by atoms with Crippen LogP contribution in [0.2, 0.25) is 5.02 Å². The molecule has 0 spiro atoms. The van der Waals surface area contributed by atoms with Gasteiger partial charge in [0.05, 0.1) is 12.5 Å². The largest absolute Gasteiger partial charge is 0.354 e. The van der Waals surface area contributed by atoms with Gasteiger partial charge in [-0.1, -0.05) is 60.1 Å². The molecule has 4 heteroatoms. The summed E-state index contributed by atoms with van der Waals surface area (Å²) in [6.07, 6.45) is 2.83. The van der Waals surface area contributed by atoms with E-state index < -0.39 is 0 Å². The van der Waals surface area contributed by atoms with Crippen LogP contribution in [-0.2, 0) is 11.2 Å². The Balaban J connectivity index is 1.66. The van der Waals surface area contributed by atoms with Crippen LogP contribution >= 0.6 is 11.6 Å². The van der Waals surface area contributed by atoms with Crippen LogP contribution in [0.5, 0.6) is 0 Å². The first-order chi connectivity index (χ1) is 11.7. The monoisotopic (exact) mass is 342 g/mol. The summed E-state index contributed by atoms with van der Waals surface area (Å²) in [5.41, 5.74) is 2.13. The third-order valence-electron chi connectivity index (χ3n) is 4.55. The third-order valence-corrected chi connectivity index (χ3v) is 4.89. The second-order valence-electron chi connectivity index (χ2n) is 6.25. The maximum atomic E-state index is 12.3. The first kappa shape index (κ1) is 17.0. The van der Waals surface area contributed by atoms with Crippen LogP contribution < -0.4 is 5.32 Å². The quantitative estimate of drug-likeness (QED) is 0.865. The van der Waals surface area contributed by atoms with Crippen molar-refractivity contribution in [1.82, 2.24) is 10.2 Å². The van der Waals surface area contributed by atoms with Gasteiger partial charge in [0.25, 0.3) is 0 Å². The molecule has 0 bridgehead atoms. The van der Waals surface area contributed by atoms with Gasteiger partial charge in [-0.15, -0.1) is 0 Å². The maximum Gasteiger partial charge on any atom is 0.224 e. The van der Waals surface area contributed by atoms with Crippen molar-refractivity contribution in [3.63, 3.8) is 0 Å². The van der Waals surface area contributed by atoms with Gasteiger partial charge in [0.1, 0.15) is 0 Å². The summed E-state index contributed by atoms with van der Waals surface area (Å²) in [6, 6.07) is 17.9. The Morgan fingerprint density at radius 1 is 1.04 bits per heavy atom. The average molecular weight is 343 g/mol. The van der Waals surface area contributed by atoms with E-state index in [-0.39, 0.29) is 11.9 Å². The van der Waals surface area contributed by atoms with Crippen molar-refractivity contribution in [2.45, 2.75) is 25.3 Å². The minimum atomic E-state index is 0.0532. The molecule has 0 radical (unpaired) electrons. The molecule has 3 nitrogen and oxygen atoms in total. The van der Waals surface area contributed by atoms with E-state index in [2.05, 4.69) is 16.3 Å². The number of amides is 1. The molecule has 3 rings (SSSR count). The van der Waals surface area contributed by atoms with Gasteiger partial charge < -0.3 is 5.32 Å². The number of rotatable bonds is 6. The Kier molecular flexibility index (Phi) is 5.89. The number of nitrogens with zero attached hydrogens (tertiary/aromatic N) is 1. The molecule has 126 valence electrons. The Labute approximate surface area is 148 Å². The lowest BCUT2D eigenvalue weighted by molar-refractivity contribution is -0.120. The highest BCUT2D eigenvalue weighted by molar-refractivity contribution is 6.31. The lowest BCUT2D eigenvalue weighted by atomic mass is 10.0. The van der Waals surface area contributed by atoms with Crippen molar-refractivity contribution in [1.29, 1.82) is 0 Å². The fraction of sp³-hybridized carbons (Fsp3) is 0.350. The Bertz CT molecular complexity index is 668. The average Bonchev–Trinajstić information content (AvgIpc) is 3.12. The summed E-state index contributed by atoms with van der Waals surface area (Å²) >= 11 is 6.40. The molecule has 1 atom stereocenters. The minimum absolute atomic E-state index is 0.0532. The van der Waals surface area contributed by atoms with Gasteiger partial charge in [-0.3, -0.25) is 9.69 Å². The number of nitrogens with one attached hydrogen (secondary N) is 1. The fourth-order valence-electron chi connectivity index (χ4n) is 3.29. The molecule has 0 aromatic heterocycles. The number of hydrogen-bond acceptors (Lipinski definition) is 2. The molecule has 1 fully saturated rings. The predicted molar refractivity (Wildman–Crippen MR) is 98.2 cm³/mol. The molecule has 1 aliphatic rings. The van der Waals surface area contributed by atoms with Crippen LogP contribution in [0.15, 0.2) is 54.6 Å². The second kappa shape index (κ2) is 8.32. The van der Waals surface area contributed by atoms with Gasteiger partial charge in [-0.05, 0) is 43.1 Å². The molecule has 1 heterocycles. The van der Waals surface area contributed by atoms with Crippen LogP contribution in [0.3, 0.4) is 0 Å². The highest BCUT2D eigenvalue weighted by Gasteiger charge is 2.25. The van der Waals surface area contributed by atoms with Gasteiger partial charge in [0.15, 0.2) is 0 Å². The number of halogens is 1. The van der Waals surface area contributed by atoms with Gasteiger partial charge >= 0.3 is 0 Å². The van der Waals surface area contributed by atoms with Gasteiger partial charge in [0, 0.05) is 11.6 Å². The SMILES string of the molecule is O=C(Cc1ccccc1)NCC(c1ccccc1Cl)N1CCCC1. The van der Waals surface area contributed by atoms with E-state index in [0.29, 0.717) is 13.0 Å². The van der Waals surface area contributed by atoms with E-state index >= 15 is 0 Å². The van der Waals surface area contributed by atoms with E-state index in [1.807, 2.05) is 48.5 Å². The molecular formula is C20H23ClN2O. The van der Waals surface area contributed by atoms with E-state index in [1.54, 1.807) is 0 Å². The lowest BCUT2D eigenvalue weighted by Gasteiger charge is -2.29. The molecule has 24 heavy (non-hydrogen) atoms. The smallest absolute Gasteiger partial charge is 0.224 e. The summed E-state index contributed by atoms with van der Waals surface area (Å²) in [4.78, 5) is 14.7. The van der Waals surface area contributed by atoms with E-state index in [0.717, 1.165) is 29.2 Å². The molecule has 2 aromatic rings. The molecule has 0 saturated carbocycles. The molecule has 1 saturated heterocycles. The molecule has 1 amide bonds. The van der Waals surface area contributed by atoms with Gasteiger partial charge in [-0.25, -0.2) is 0 Å². The standard InChI is InChI=1S/C20H23ClN2O/c21-18-11-5-4-10-17(18)19(23-12-6-7-13-23)15-22-20(24)14-16-8-2-1-3-9-16/h1-5,8-11,19H,6-7,12-15H2,(H,22,24). The summed E-state index contributed by atoms with van der Waals surface area (Å²) < 4.78 is 0. The van der Waals surface area contributed by atoms with Crippen molar-refractivity contribution in [2.24, 2.45) is 0 Å². The lowest BCUT2D eigenvalue weighted by Crippen LogP contribution is -2.37. The number of benzene rings is 2. The zero-order valence-electron chi connectivity index (χ0n) is 13.7. The highest BCUT2D eigenvalue weighted by Crippen LogP contribution is 2.29. The van der Waals surface area contributed by atoms with Crippen LogP contribution in [0.1, 0.15) is 30.0 Å². The Morgan fingerprint density at radius 2 is 1.71 bits per heavy atom. The van der Waals surface area contributed by atoms with Gasteiger partial charge in [-0.2, -0.15) is 0 Å². The van der Waals surface area contributed by atoms with E-state index in [1.165, 1.54) is 12.8 Å². The number of carbonyl (C=O) groups is 1. The van der Waals surface area contributed by atoms with Crippen molar-refractivity contribution < 1.29 is 4.79 Å². The Hall–Kier alpha value is -1.84. The summed E-state index contributed by atoms with van der Waals surface area (Å²) in [5.74, 6) is 0.0532. The van der Waals surface area contributed by atoms with E-state index in [9.17, 15) is 4.79 Å². The van der Waals surface area contributed by atoms with E-state index in [4.69, 9.17) is 11.6 Å². The van der Waals surface area contributed by atoms with Crippen LogP contribution in [-0.4, -0.2) is 30.4 Å². The summed E-state index contributed by atoms with van der Waals surface area (Å²) in [5, 5.41) is 3.86. The van der Waals surface area contributed by atoms with Crippen molar-refractivity contribution in [3.05, 3.63) is 70.7 Å². The second-order valence-corrected chi connectivity index (χ2v) is 6.65. The summed E-state index contributed by atoms with van der Waals surface area (Å²) in [6.45, 7) is 2.71. The first-order valence-corrected chi connectivity index (χ1v) is 8.91. The minimum Gasteiger partial charge on any atom is -0.354 e. The highest BCUT2D eigenvalue weighted by atomic mass is 35.5. The van der Waals surface area contributed by atoms with Crippen LogP contribution in [0, 0.1) is 0 Å². The van der Waals surface area contributed by atoms with Crippen molar-refractivity contribution in [2.75, 3.05) is 19.6 Å². The van der Waals surface area contributed by atoms with Crippen molar-refractivity contribution >= 4 is 17.5 Å². The third kappa shape index (κ3) is 4.37. The molecule has 1 unspecified atom stereocenters. The topological polar surface area (TPSA) is 32.3 Å². The fourth-order valence-corrected chi connectivity index (χ4v) is 3.55. The number of likely N-dealkylation sites (tertiary alicyclic amines) is 1. The molecule has 2 aromatic carbocycles. The zero-order chi connectivity index (χ0) is 16.8. The number of carbonyl (C=O) groups excluding carboxylic acids is 1. The first-order valence-electron chi connectivity index (χ1n) is 8.53. The Morgan fingerprint density at radius 3 is 2.42 bits per heavy atom. The molecule has 1 aliphatic heterocycles. The molecular weight excluding hydrogens is 320 g/mol. The molecule has 0 aliphatic carbocycles. The molecule has 1 N–H and O–H groups in total. The predicted octanol–water partition coefficient (Wildman–Crippen LogP) is 3.84. The van der Waals surface area contributed by atoms with Crippen molar-refractivity contribution in [3.8, 4) is 0 Å². The van der Waals surface area contributed by atoms with Gasteiger partial charge in [0.2, 0.25) is 5.91 Å². The van der Waals surface area contributed by atoms with Crippen LogP contribution in [0.25, 0.3) is 0 Å². The van der Waals surface area contributed by atoms with Crippen LogP contribution in [0.4, 0.5) is 0 Å². The number of hydrogen-bond donors (Lipinski definition) is 1.